The molecule has 0 unspecified atom stereocenters. The SMILES string of the molecule is CC(=O)N(C)C.CCN(C=O)CC.CN(C)C=O. The van der Waals surface area contributed by atoms with Crippen molar-refractivity contribution in [3.63, 3.8) is 0 Å². The molecule has 0 N–H and O–H groups in total. The Hall–Kier alpha value is -1.59. The van der Waals surface area contributed by atoms with Crippen molar-refractivity contribution in [3.8, 4) is 0 Å². The number of carbonyl (C=O) groups excluding carboxylic acids is 3. The van der Waals surface area contributed by atoms with Gasteiger partial charge in [-0.25, -0.2) is 0 Å². The van der Waals surface area contributed by atoms with Crippen LogP contribution in [0.15, 0.2) is 0 Å². The molecular formula is C12H27N3O3. The Morgan fingerprint density at radius 3 is 1.22 bits per heavy atom. The van der Waals surface area contributed by atoms with E-state index in [0.29, 0.717) is 0 Å². The Morgan fingerprint density at radius 1 is 0.944 bits per heavy atom. The molecular weight excluding hydrogens is 234 g/mol. The highest BCUT2D eigenvalue weighted by Gasteiger charge is 1.88. The van der Waals surface area contributed by atoms with Crippen molar-refractivity contribution in [2.75, 3.05) is 41.3 Å². The van der Waals surface area contributed by atoms with Gasteiger partial charge in [-0.1, -0.05) is 0 Å². The van der Waals surface area contributed by atoms with Crippen molar-refractivity contribution in [3.05, 3.63) is 0 Å². The van der Waals surface area contributed by atoms with Gasteiger partial charge in [-0.3, -0.25) is 14.4 Å². The van der Waals surface area contributed by atoms with E-state index in [4.69, 9.17) is 0 Å². The summed E-state index contributed by atoms with van der Waals surface area (Å²) >= 11 is 0. The average molecular weight is 261 g/mol. The minimum absolute atomic E-state index is 0.0926. The Bertz CT molecular complexity index is 215. The molecule has 0 heterocycles. The molecule has 0 aliphatic heterocycles. The van der Waals surface area contributed by atoms with Crippen molar-refractivity contribution in [1.82, 2.24) is 14.7 Å². The van der Waals surface area contributed by atoms with Gasteiger partial charge in [0.2, 0.25) is 18.7 Å². The number of carbonyl (C=O) groups is 3. The Morgan fingerprint density at radius 2 is 1.22 bits per heavy atom. The average Bonchev–Trinajstić information content (AvgIpc) is 2.32. The lowest BCUT2D eigenvalue weighted by Crippen LogP contribution is -2.19. The van der Waals surface area contributed by atoms with Crippen molar-refractivity contribution >= 4 is 18.7 Å². The largest absolute Gasteiger partial charge is 0.351 e. The second kappa shape index (κ2) is 15.4. The summed E-state index contributed by atoms with van der Waals surface area (Å²) in [4.78, 5) is 34.1. The van der Waals surface area contributed by atoms with Gasteiger partial charge in [0.15, 0.2) is 0 Å². The molecule has 0 aliphatic carbocycles. The van der Waals surface area contributed by atoms with Crippen LogP contribution in [0.5, 0.6) is 0 Å². The van der Waals surface area contributed by atoms with Crippen LogP contribution in [-0.2, 0) is 14.4 Å². The Labute approximate surface area is 111 Å². The summed E-state index contributed by atoms with van der Waals surface area (Å²) in [6, 6.07) is 0. The van der Waals surface area contributed by atoms with Crippen LogP contribution in [0.1, 0.15) is 20.8 Å². The van der Waals surface area contributed by atoms with E-state index in [0.717, 1.165) is 25.9 Å². The van der Waals surface area contributed by atoms with Gasteiger partial charge in [-0.05, 0) is 13.8 Å². The highest BCUT2D eigenvalue weighted by Crippen LogP contribution is 1.75. The normalized spacial score (nSPS) is 7.72. The molecule has 6 nitrogen and oxygen atoms in total. The fourth-order valence-corrected chi connectivity index (χ4v) is 0.373. The minimum atomic E-state index is 0.0926. The van der Waals surface area contributed by atoms with E-state index in [1.54, 1.807) is 33.1 Å². The molecule has 0 fully saturated rings. The molecule has 0 saturated carbocycles. The first-order chi connectivity index (χ1) is 8.26. The first kappa shape index (κ1) is 21.7. The molecule has 0 aromatic heterocycles. The van der Waals surface area contributed by atoms with Gasteiger partial charge >= 0.3 is 0 Å². The molecule has 0 aromatic rings. The van der Waals surface area contributed by atoms with Crippen LogP contribution in [0, 0.1) is 0 Å². The third-order valence-corrected chi connectivity index (χ3v) is 1.80. The zero-order chi connectivity index (χ0) is 15.1. The van der Waals surface area contributed by atoms with Crippen LogP contribution in [0.4, 0.5) is 0 Å². The fraction of sp³-hybridized carbons (Fsp3) is 0.750. The minimum Gasteiger partial charge on any atom is -0.351 e. The van der Waals surface area contributed by atoms with Crippen LogP contribution >= 0.6 is 0 Å². The van der Waals surface area contributed by atoms with Crippen LogP contribution < -0.4 is 0 Å². The van der Waals surface area contributed by atoms with E-state index in [1.807, 2.05) is 13.8 Å². The quantitative estimate of drug-likeness (QED) is 0.683. The second-order valence-corrected chi connectivity index (χ2v) is 3.81. The Kier molecular flexibility index (Phi) is 18.6. The highest BCUT2D eigenvalue weighted by atomic mass is 16.2. The Balaban J connectivity index is -0.000000190. The summed E-state index contributed by atoms with van der Waals surface area (Å²) in [6.45, 7) is 7.08. The molecule has 18 heavy (non-hydrogen) atoms. The fourth-order valence-electron chi connectivity index (χ4n) is 0.373. The first-order valence-electron chi connectivity index (χ1n) is 5.75. The molecule has 6 heteroatoms. The third kappa shape index (κ3) is 23.9. The molecule has 3 amide bonds. The van der Waals surface area contributed by atoms with Crippen LogP contribution in [-0.4, -0.2) is 74.7 Å². The number of hydrogen-bond donors (Lipinski definition) is 0. The van der Waals surface area contributed by atoms with E-state index >= 15 is 0 Å². The summed E-state index contributed by atoms with van der Waals surface area (Å²) < 4.78 is 0. The predicted octanol–water partition coefficient (Wildman–Crippen LogP) is 0.284. The van der Waals surface area contributed by atoms with Gasteiger partial charge in [-0.2, -0.15) is 0 Å². The maximum absolute atomic E-state index is 10.1. The molecule has 0 atom stereocenters. The van der Waals surface area contributed by atoms with Gasteiger partial charge in [0.05, 0.1) is 0 Å². The van der Waals surface area contributed by atoms with Gasteiger partial charge in [0, 0.05) is 48.2 Å². The molecule has 0 aromatic carbocycles. The van der Waals surface area contributed by atoms with Crippen molar-refractivity contribution in [2.24, 2.45) is 0 Å². The van der Waals surface area contributed by atoms with E-state index in [1.165, 1.54) is 16.7 Å². The summed E-state index contributed by atoms with van der Waals surface area (Å²) in [5.41, 5.74) is 0. The molecule has 0 spiro atoms. The summed E-state index contributed by atoms with van der Waals surface area (Å²) in [5.74, 6) is 0.0926. The van der Waals surface area contributed by atoms with E-state index in [9.17, 15) is 14.4 Å². The molecule has 0 saturated heterocycles. The topological polar surface area (TPSA) is 60.9 Å². The van der Waals surface area contributed by atoms with E-state index < -0.39 is 0 Å². The van der Waals surface area contributed by atoms with Gasteiger partial charge < -0.3 is 14.7 Å². The zero-order valence-corrected chi connectivity index (χ0v) is 12.6. The number of nitrogens with zero attached hydrogens (tertiary/aromatic N) is 3. The monoisotopic (exact) mass is 261 g/mol. The molecule has 0 radical (unpaired) electrons. The molecule has 108 valence electrons. The van der Waals surface area contributed by atoms with Crippen LogP contribution in [0.3, 0.4) is 0 Å². The summed E-state index contributed by atoms with van der Waals surface area (Å²) in [6.07, 6.45) is 1.61. The van der Waals surface area contributed by atoms with E-state index in [2.05, 4.69) is 0 Å². The molecule has 0 bridgehead atoms. The third-order valence-electron chi connectivity index (χ3n) is 1.80. The lowest BCUT2D eigenvalue weighted by molar-refractivity contribution is -0.126. The van der Waals surface area contributed by atoms with Crippen LogP contribution in [0.25, 0.3) is 0 Å². The van der Waals surface area contributed by atoms with E-state index in [-0.39, 0.29) is 5.91 Å². The first-order valence-corrected chi connectivity index (χ1v) is 5.75. The van der Waals surface area contributed by atoms with Gasteiger partial charge in [0.25, 0.3) is 0 Å². The standard InChI is InChI=1S/C5H11NO.C4H9NO.C3H7NO/c1-3-6(4-2)5-7;1-4(6)5(2)3;1-4(2)3-5/h5H,3-4H2,1-2H3;1-3H3;3H,1-2H3. The zero-order valence-electron chi connectivity index (χ0n) is 12.6. The number of hydrogen-bond acceptors (Lipinski definition) is 3. The maximum Gasteiger partial charge on any atom is 0.218 e. The number of amides is 3. The number of rotatable bonds is 4. The summed E-state index contributed by atoms with van der Waals surface area (Å²) in [5, 5.41) is 0. The second-order valence-electron chi connectivity index (χ2n) is 3.81. The lowest BCUT2D eigenvalue weighted by atomic mass is 10.6. The summed E-state index contributed by atoms with van der Waals surface area (Å²) in [7, 11) is 6.82. The molecule has 0 aliphatic rings. The maximum atomic E-state index is 10.1. The van der Waals surface area contributed by atoms with Gasteiger partial charge in [-0.15, -0.1) is 0 Å². The lowest BCUT2D eigenvalue weighted by Gasteiger charge is -2.08. The predicted molar refractivity (Wildman–Crippen MR) is 73.1 cm³/mol. The highest BCUT2D eigenvalue weighted by molar-refractivity contribution is 5.72. The molecule has 0 rings (SSSR count). The smallest absolute Gasteiger partial charge is 0.218 e. The van der Waals surface area contributed by atoms with Crippen molar-refractivity contribution in [1.29, 1.82) is 0 Å². The van der Waals surface area contributed by atoms with Crippen LogP contribution in [0.2, 0.25) is 0 Å². The van der Waals surface area contributed by atoms with Crippen molar-refractivity contribution < 1.29 is 14.4 Å². The van der Waals surface area contributed by atoms with Gasteiger partial charge in [0.1, 0.15) is 0 Å². The van der Waals surface area contributed by atoms with Crippen molar-refractivity contribution in [2.45, 2.75) is 20.8 Å².